The number of carbonyl (C=O) groups excluding carboxylic acids is 3. The van der Waals surface area contributed by atoms with Crippen molar-refractivity contribution in [3.8, 4) is 0 Å². The van der Waals surface area contributed by atoms with Crippen LogP contribution in [0.25, 0.3) is 0 Å². The molecule has 2 heterocycles. The van der Waals surface area contributed by atoms with Crippen LogP contribution in [0.4, 0.5) is 0 Å². The maximum absolute atomic E-state index is 12.2. The van der Waals surface area contributed by atoms with Crippen molar-refractivity contribution in [1.82, 2.24) is 15.1 Å². The summed E-state index contributed by atoms with van der Waals surface area (Å²) in [5.41, 5.74) is 1.65. The molecule has 6 nitrogen and oxygen atoms in total. The van der Waals surface area contributed by atoms with Crippen molar-refractivity contribution in [3.63, 3.8) is 0 Å². The van der Waals surface area contributed by atoms with Crippen LogP contribution < -0.4 is 5.32 Å². The highest BCUT2D eigenvalue weighted by Crippen LogP contribution is 2.28. The standard InChI is InChI=1S/C24H35N3O3S/c1-26(21-11-12-23(29)25-24(21)30)17-20-19(18-28)9-8-10-22(20)31-16-7-3-6-15-27-13-4-2-5-14-27/h8-10,18,21H,2-7,11-17H2,1H3,(H,25,29,30). The summed E-state index contributed by atoms with van der Waals surface area (Å²) in [6, 6.07) is 5.49. The van der Waals surface area contributed by atoms with Crippen molar-refractivity contribution in [2.45, 2.75) is 68.8 Å². The number of aldehydes is 1. The molecule has 1 unspecified atom stereocenters. The second-order valence-corrected chi connectivity index (χ2v) is 9.77. The number of carbonyl (C=O) groups is 3. The molecule has 2 aliphatic rings. The van der Waals surface area contributed by atoms with Crippen LogP contribution in [0.1, 0.15) is 67.3 Å². The Bertz CT molecular complexity index is 764. The number of imide groups is 1. The molecule has 1 N–H and O–H groups in total. The van der Waals surface area contributed by atoms with E-state index in [1.54, 1.807) is 11.8 Å². The highest BCUT2D eigenvalue weighted by molar-refractivity contribution is 7.99. The molecule has 0 saturated carbocycles. The maximum Gasteiger partial charge on any atom is 0.243 e. The Kier molecular flexibility index (Phi) is 9.55. The number of amides is 2. The lowest BCUT2D eigenvalue weighted by molar-refractivity contribution is -0.137. The summed E-state index contributed by atoms with van der Waals surface area (Å²) in [4.78, 5) is 41.0. The lowest BCUT2D eigenvalue weighted by atomic mass is 10.0. The summed E-state index contributed by atoms with van der Waals surface area (Å²) in [5.74, 6) is 0.571. The first-order valence-corrected chi connectivity index (χ1v) is 12.5. The molecule has 2 fully saturated rings. The van der Waals surface area contributed by atoms with Crippen LogP contribution >= 0.6 is 11.8 Å². The van der Waals surface area contributed by atoms with E-state index < -0.39 is 0 Å². The molecule has 31 heavy (non-hydrogen) atoms. The number of benzene rings is 1. The zero-order valence-corrected chi connectivity index (χ0v) is 19.4. The van der Waals surface area contributed by atoms with E-state index in [0.717, 1.165) is 28.9 Å². The fourth-order valence-electron chi connectivity index (χ4n) is 4.44. The lowest BCUT2D eigenvalue weighted by Crippen LogP contribution is -2.51. The normalized spacial score (nSPS) is 20.1. The predicted molar refractivity (Wildman–Crippen MR) is 124 cm³/mol. The molecular formula is C24H35N3O3S. The molecule has 3 rings (SSSR count). The van der Waals surface area contributed by atoms with Gasteiger partial charge in [0, 0.05) is 23.4 Å². The minimum Gasteiger partial charge on any atom is -0.303 e. The van der Waals surface area contributed by atoms with Gasteiger partial charge in [-0.1, -0.05) is 25.0 Å². The molecule has 2 saturated heterocycles. The third-order valence-corrected chi connectivity index (χ3v) is 7.46. The summed E-state index contributed by atoms with van der Waals surface area (Å²) < 4.78 is 0. The second-order valence-electron chi connectivity index (χ2n) is 8.64. The largest absolute Gasteiger partial charge is 0.303 e. The van der Waals surface area contributed by atoms with Gasteiger partial charge in [0.1, 0.15) is 6.29 Å². The second kappa shape index (κ2) is 12.4. The van der Waals surface area contributed by atoms with Crippen LogP contribution in [-0.4, -0.2) is 66.4 Å². The summed E-state index contributed by atoms with van der Waals surface area (Å²) in [6.45, 7) is 4.25. The van der Waals surface area contributed by atoms with Crippen molar-refractivity contribution in [3.05, 3.63) is 29.3 Å². The minimum atomic E-state index is -0.343. The predicted octanol–water partition coefficient (Wildman–Crippen LogP) is 3.48. The highest BCUT2D eigenvalue weighted by atomic mass is 32.2. The van der Waals surface area contributed by atoms with E-state index >= 15 is 0 Å². The third kappa shape index (κ3) is 7.16. The molecule has 0 spiro atoms. The van der Waals surface area contributed by atoms with Crippen molar-refractivity contribution in [2.24, 2.45) is 0 Å². The van der Waals surface area contributed by atoms with Crippen LogP contribution in [0.15, 0.2) is 23.1 Å². The van der Waals surface area contributed by atoms with E-state index in [2.05, 4.69) is 16.3 Å². The smallest absolute Gasteiger partial charge is 0.243 e. The minimum absolute atomic E-state index is 0.209. The molecule has 2 amide bonds. The van der Waals surface area contributed by atoms with Gasteiger partial charge in [-0.15, -0.1) is 11.8 Å². The summed E-state index contributed by atoms with van der Waals surface area (Å²) in [5, 5.41) is 2.42. The van der Waals surface area contributed by atoms with Crippen LogP contribution in [-0.2, 0) is 16.1 Å². The van der Waals surface area contributed by atoms with E-state index in [9.17, 15) is 14.4 Å². The van der Waals surface area contributed by atoms with E-state index in [4.69, 9.17) is 0 Å². The number of unbranched alkanes of at least 4 members (excludes halogenated alkanes) is 2. The topological polar surface area (TPSA) is 69.7 Å². The highest BCUT2D eigenvalue weighted by Gasteiger charge is 2.30. The van der Waals surface area contributed by atoms with E-state index in [0.29, 0.717) is 24.9 Å². The van der Waals surface area contributed by atoms with E-state index in [1.165, 1.54) is 51.7 Å². The van der Waals surface area contributed by atoms with Crippen LogP contribution in [0.3, 0.4) is 0 Å². The first-order valence-electron chi connectivity index (χ1n) is 11.5. The van der Waals surface area contributed by atoms with Crippen LogP contribution in [0, 0.1) is 0 Å². The average Bonchev–Trinajstić information content (AvgIpc) is 2.77. The molecule has 7 heteroatoms. The van der Waals surface area contributed by atoms with Gasteiger partial charge in [-0.05, 0) is 76.2 Å². The molecular weight excluding hydrogens is 410 g/mol. The first-order chi connectivity index (χ1) is 15.1. The fourth-order valence-corrected chi connectivity index (χ4v) is 5.54. The van der Waals surface area contributed by atoms with Gasteiger partial charge in [-0.3, -0.25) is 24.6 Å². The monoisotopic (exact) mass is 445 g/mol. The Labute approximate surface area is 190 Å². The molecule has 2 aliphatic heterocycles. The molecule has 0 aromatic heterocycles. The first kappa shape index (κ1) is 24.0. The number of hydrogen-bond acceptors (Lipinski definition) is 6. The number of likely N-dealkylation sites (tertiary alicyclic amines) is 1. The summed E-state index contributed by atoms with van der Waals surface area (Å²) in [7, 11) is 1.89. The Morgan fingerprint density at radius 1 is 1.16 bits per heavy atom. The number of nitrogens with zero attached hydrogens (tertiary/aromatic N) is 2. The zero-order chi connectivity index (χ0) is 22.1. The third-order valence-electron chi connectivity index (χ3n) is 6.27. The van der Waals surface area contributed by atoms with Gasteiger partial charge in [0.05, 0.1) is 6.04 Å². The molecule has 1 aromatic rings. The lowest BCUT2D eigenvalue weighted by Gasteiger charge is -2.30. The maximum atomic E-state index is 12.2. The van der Waals surface area contributed by atoms with Crippen LogP contribution in [0.5, 0.6) is 0 Å². The van der Waals surface area contributed by atoms with E-state index in [-0.39, 0.29) is 17.9 Å². The Morgan fingerprint density at radius 2 is 1.97 bits per heavy atom. The van der Waals surface area contributed by atoms with Crippen LogP contribution in [0.2, 0.25) is 0 Å². The van der Waals surface area contributed by atoms with Gasteiger partial charge >= 0.3 is 0 Å². The Balaban J connectivity index is 1.50. The number of hydrogen-bond donors (Lipinski definition) is 1. The SMILES string of the molecule is CN(Cc1c(C=O)cccc1SCCCCCN1CCCCC1)C1CCC(=O)NC1=O. The van der Waals surface area contributed by atoms with Gasteiger partial charge in [0.2, 0.25) is 11.8 Å². The molecule has 1 aromatic carbocycles. The number of likely N-dealkylation sites (N-methyl/N-ethyl adjacent to an activating group) is 1. The van der Waals surface area contributed by atoms with Crippen molar-refractivity contribution < 1.29 is 14.4 Å². The van der Waals surface area contributed by atoms with Gasteiger partial charge in [-0.2, -0.15) is 0 Å². The van der Waals surface area contributed by atoms with Gasteiger partial charge in [0.25, 0.3) is 0 Å². The fraction of sp³-hybridized carbons (Fsp3) is 0.625. The Hall–Kier alpha value is -1.70. The molecule has 0 radical (unpaired) electrons. The van der Waals surface area contributed by atoms with Crippen molar-refractivity contribution in [2.75, 3.05) is 32.4 Å². The number of nitrogens with one attached hydrogen (secondary N) is 1. The molecule has 0 bridgehead atoms. The molecule has 0 aliphatic carbocycles. The van der Waals surface area contributed by atoms with Crippen molar-refractivity contribution in [1.29, 1.82) is 0 Å². The summed E-state index contributed by atoms with van der Waals surface area (Å²) >= 11 is 1.80. The number of rotatable bonds is 11. The van der Waals surface area contributed by atoms with Gasteiger partial charge in [0.15, 0.2) is 0 Å². The zero-order valence-electron chi connectivity index (χ0n) is 18.6. The quantitative estimate of drug-likeness (QED) is 0.243. The Morgan fingerprint density at radius 3 is 2.71 bits per heavy atom. The molecule has 170 valence electrons. The van der Waals surface area contributed by atoms with E-state index in [1.807, 2.05) is 24.1 Å². The summed E-state index contributed by atoms with van der Waals surface area (Å²) in [6.07, 6.45) is 9.48. The number of thioether (sulfide) groups is 1. The number of piperidine rings is 2. The van der Waals surface area contributed by atoms with Gasteiger partial charge < -0.3 is 4.90 Å². The van der Waals surface area contributed by atoms with Gasteiger partial charge in [-0.25, -0.2) is 0 Å². The molecule has 1 atom stereocenters. The van der Waals surface area contributed by atoms with Crippen molar-refractivity contribution >= 4 is 29.9 Å². The average molecular weight is 446 g/mol.